The van der Waals surface area contributed by atoms with Crippen molar-refractivity contribution >= 4 is 46.1 Å². The van der Waals surface area contributed by atoms with E-state index in [1.165, 1.54) is 11.8 Å². The van der Waals surface area contributed by atoms with Gasteiger partial charge >= 0.3 is 6.09 Å². The zero-order chi connectivity index (χ0) is 29.4. The van der Waals surface area contributed by atoms with Gasteiger partial charge in [0, 0.05) is 11.7 Å². The van der Waals surface area contributed by atoms with Gasteiger partial charge in [-0.3, -0.25) is 14.5 Å². The number of nitrogens with zero attached hydrogens (tertiary/aromatic N) is 1. The predicted octanol–water partition coefficient (Wildman–Crippen LogP) is 6.20. The van der Waals surface area contributed by atoms with Crippen molar-refractivity contribution in [2.75, 3.05) is 17.3 Å². The van der Waals surface area contributed by atoms with Crippen LogP contribution in [0, 0.1) is 26.3 Å². The lowest BCUT2D eigenvalue weighted by atomic mass is 9.98. The van der Waals surface area contributed by atoms with E-state index >= 15 is 0 Å². The Bertz CT molecular complexity index is 1420. The maximum Gasteiger partial charge on any atom is 0.408 e. The maximum absolute atomic E-state index is 13.9. The summed E-state index contributed by atoms with van der Waals surface area (Å²) in [4.78, 5) is 41.5. The van der Waals surface area contributed by atoms with Gasteiger partial charge in [0.25, 0.3) is 11.8 Å². The minimum Gasteiger partial charge on any atom is -0.444 e. The van der Waals surface area contributed by atoms with Crippen molar-refractivity contribution in [2.24, 2.45) is 0 Å². The number of benzene rings is 3. The normalized spacial score (nSPS) is 12.6. The van der Waals surface area contributed by atoms with Gasteiger partial charge in [-0.2, -0.15) is 11.8 Å². The highest BCUT2D eigenvalue weighted by Crippen LogP contribution is 2.27. The fourth-order valence-electron chi connectivity index (χ4n) is 4.21. The number of carbonyl (C=O) groups is 3. The number of carbonyl (C=O) groups excluding carboxylic acids is 3. The summed E-state index contributed by atoms with van der Waals surface area (Å²) < 4.78 is 5.39. The number of amides is 3. The Balaban J connectivity index is 1.99. The quantitative estimate of drug-likeness (QED) is 0.241. The molecule has 0 bridgehead atoms. The standard InChI is InChI=1S/C32H37N3O4S/c1-8-35(30(37)27(17-18-40-7)34-31(38)39-32(4,5)6)28(25-14-13-21(2)22(3)19-25)29(36)33-26-16-15-23-11-9-10-12-24(23)20-26/h1,9-16,19-20,27-28H,17-18H2,2-7H3,(H,33,36)(H,34,38). The van der Waals surface area contributed by atoms with Crippen molar-refractivity contribution in [3.05, 3.63) is 77.4 Å². The van der Waals surface area contributed by atoms with E-state index in [0.29, 0.717) is 23.4 Å². The molecule has 8 heteroatoms. The largest absolute Gasteiger partial charge is 0.444 e. The zero-order valence-electron chi connectivity index (χ0n) is 23.9. The third-order valence-electron chi connectivity index (χ3n) is 6.35. The van der Waals surface area contributed by atoms with E-state index in [9.17, 15) is 14.4 Å². The topological polar surface area (TPSA) is 87.7 Å². The first-order chi connectivity index (χ1) is 18.9. The average Bonchev–Trinajstić information content (AvgIpc) is 2.89. The van der Waals surface area contributed by atoms with Crippen LogP contribution in [0.1, 0.15) is 49.9 Å². The van der Waals surface area contributed by atoms with Crippen molar-refractivity contribution in [1.82, 2.24) is 10.2 Å². The van der Waals surface area contributed by atoms with Crippen LogP contribution < -0.4 is 10.6 Å². The number of rotatable bonds is 9. The highest BCUT2D eigenvalue weighted by molar-refractivity contribution is 7.98. The van der Waals surface area contributed by atoms with E-state index in [4.69, 9.17) is 11.2 Å². The van der Waals surface area contributed by atoms with Crippen LogP contribution in [0.25, 0.3) is 10.8 Å². The van der Waals surface area contributed by atoms with Crippen LogP contribution in [0.4, 0.5) is 10.5 Å². The number of nitrogens with one attached hydrogen (secondary N) is 2. The van der Waals surface area contributed by atoms with Crippen molar-refractivity contribution in [2.45, 2.75) is 58.7 Å². The molecule has 0 spiro atoms. The molecule has 3 aromatic rings. The van der Waals surface area contributed by atoms with Crippen LogP contribution in [0.15, 0.2) is 60.7 Å². The molecule has 0 fully saturated rings. The van der Waals surface area contributed by atoms with Gasteiger partial charge in [0.15, 0.2) is 0 Å². The molecule has 0 radical (unpaired) electrons. The van der Waals surface area contributed by atoms with E-state index in [0.717, 1.165) is 26.8 Å². The van der Waals surface area contributed by atoms with Crippen LogP contribution in [-0.4, -0.2) is 46.5 Å². The van der Waals surface area contributed by atoms with Gasteiger partial charge in [0.2, 0.25) is 0 Å². The Morgan fingerprint density at radius 3 is 2.33 bits per heavy atom. The fraction of sp³-hybridized carbons (Fsp3) is 0.344. The van der Waals surface area contributed by atoms with Crippen molar-refractivity contribution in [1.29, 1.82) is 0 Å². The number of aryl methyl sites for hydroxylation is 2. The Morgan fingerprint density at radius 2 is 1.70 bits per heavy atom. The van der Waals surface area contributed by atoms with Gasteiger partial charge in [-0.15, -0.1) is 0 Å². The summed E-state index contributed by atoms with van der Waals surface area (Å²) in [5.41, 5.74) is 2.39. The molecule has 2 N–H and O–H groups in total. The minimum absolute atomic E-state index is 0.309. The van der Waals surface area contributed by atoms with Gasteiger partial charge in [0.1, 0.15) is 17.7 Å². The first-order valence-corrected chi connectivity index (χ1v) is 14.5. The summed E-state index contributed by atoms with van der Waals surface area (Å²) in [6, 6.07) is 19.3. The number of hydrogen-bond acceptors (Lipinski definition) is 5. The third-order valence-corrected chi connectivity index (χ3v) is 6.99. The zero-order valence-corrected chi connectivity index (χ0v) is 24.7. The minimum atomic E-state index is -1.14. The number of fused-ring (bicyclic) bond motifs is 1. The SMILES string of the molecule is C#CN(C(=O)C(CCSC)NC(=O)OC(C)(C)C)C(C(=O)Nc1ccc2ccccc2c1)c1ccc(C)c(C)c1. The number of alkyl carbamates (subject to hydrolysis) is 1. The Morgan fingerprint density at radius 1 is 1.00 bits per heavy atom. The van der Waals surface area contributed by atoms with E-state index in [1.807, 2.05) is 74.7 Å². The smallest absolute Gasteiger partial charge is 0.408 e. The van der Waals surface area contributed by atoms with Crippen LogP contribution in [-0.2, 0) is 14.3 Å². The summed E-state index contributed by atoms with van der Waals surface area (Å²) in [5, 5.41) is 7.61. The molecule has 40 heavy (non-hydrogen) atoms. The van der Waals surface area contributed by atoms with Gasteiger partial charge in [0.05, 0.1) is 0 Å². The molecule has 7 nitrogen and oxygen atoms in total. The van der Waals surface area contributed by atoms with Gasteiger partial charge < -0.3 is 15.4 Å². The molecule has 0 aliphatic heterocycles. The van der Waals surface area contributed by atoms with E-state index in [2.05, 4.69) is 16.7 Å². The fourth-order valence-corrected chi connectivity index (χ4v) is 4.68. The number of ether oxygens (including phenoxy) is 1. The molecule has 3 aromatic carbocycles. The predicted molar refractivity (Wildman–Crippen MR) is 163 cm³/mol. The van der Waals surface area contributed by atoms with E-state index < -0.39 is 35.6 Å². The third kappa shape index (κ3) is 8.03. The molecule has 2 unspecified atom stereocenters. The van der Waals surface area contributed by atoms with Gasteiger partial charge in [-0.05, 0) is 92.6 Å². The molecular weight excluding hydrogens is 522 g/mol. The summed E-state index contributed by atoms with van der Waals surface area (Å²) in [6.45, 7) is 9.13. The molecule has 0 saturated carbocycles. The molecule has 3 amide bonds. The average molecular weight is 560 g/mol. The molecule has 210 valence electrons. The number of terminal acetylenes is 1. The van der Waals surface area contributed by atoms with Gasteiger partial charge in [-0.1, -0.05) is 55.0 Å². The number of anilines is 1. The lowest BCUT2D eigenvalue weighted by Gasteiger charge is -2.30. The van der Waals surface area contributed by atoms with Crippen LogP contribution in [0.3, 0.4) is 0 Å². The molecule has 0 aromatic heterocycles. The lowest BCUT2D eigenvalue weighted by Crippen LogP contribution is -2.51. The van der Waals surface area contributed by atoms with Crippen LogP contribution in [0.5, 0.6) is 0 Å². The van der Waals surface area contributed by atoms with Crippen molar-refractivity contribution in [3.8, 4) is 12.5 Å². The van der Waals surface area contributed by atoms with Crippen LogP contribution in [0.2, 0.25) is 0 Å². The van der Waals surface area contributed by atoms with Crippen LogP contribution >= 0.6 is 11.8 Å². The van der Waals surface area contributed by atoms with Gasteiger partial charge in [-0.25, -0.2) is 4.79 Å². The number of hydrogen-bond donors (Lipinski definition) is 2. The molecule has 0 heterocycles. The summed E-state index contributed by atoms with van der Waals surface area (Å²) in [6.07, 6.45) is 7.40. The van der Waals surface area contributed by atoms with E-state index in [1.54, 1.807) is 26.8 Å². The first kappa shape index (κ1) is 30.6. The second-order valence-electron chi connectivity index (χ2n) is 10.6. The monoisotopic (exact) mass is 559 g/mol. The molecule has 0 aliphatic rings. The maximum atomic E-state index is 13.9. The molecule has 0 aliphatic carbocycles. The summed E-state index contributed by atoms with van der Waals surface area (Å²) >= 11 is 1.53. The molecular formula is C32H37N3O4S. The van der Waals surface area contributed by atoms with E-state index in [-0.39, 0.29) is 0 Å². The van der Waals surface area contributed by atoms with Crippen molar-refractivity contribution < 1.29 is 19.1 Å². The molecule has 3 rings (SSSR count). The Labute approximate surface area is 241 Å². The highest BCUT2D eigenvalue weighted by Gasteiger charge is 2.36. The molecule has 2 atom stereocenters. The van der Waals surface area contributed by atoms with Crippen molar-refractivity contribution in [3.63, 3.8) is 0 Å². The second-order valence-corrected chi connectivity index (χ2v) is 11.6. The number of thioether (sulfide) groups is 1. The summed E-state index contributed by atoms with van der Waals surface area (Å²) in [7, 11) is 0. The molecule has 0 saturated heterocycles. The lowest BCUT2D eigenvalue weighted by molar-refractivity contribution is -0.136. The Kier molecular flexibility index (Phi) is 10.2. The first-order valence-electron chi connectivity index (χ1n) is 13.1. The second kappa shape index (κ2) is 13.4. The highest BCUT2D eigenvalue weighted by atomic mass is 32.2. The summed E-state index contributed by atoms with van der Waals surface area (Å²) in [5.74, 6) is -0.451. The Hall–Kier alpha value is -3.96.